The number of Topliss-reactive ketones (excluding diaryl/α,β-unsaturated/α-hetero) is 1. The van der Waals surface area contributed by atoms with Crippen LogP contribution in [0.1, 0.15) is 24.2 Å². The second kappa shape index (κ2) is 11.1. The van der Waals surface area contributed by atoms with Crippen molar-refractivity contribution in [1.29, 1.82) is 0 Å². The van der Waals surface area contributed by atoms with E-state index in [1.165, 1.54) is 25.1 Å². The summed E-state index contributed by atoms with van der Waals surface area (Å²) in [4.78, 5) is 23.8. The SMILES string of the molecule is CCN(CCOc1ccc(S(=O)(=O)F)cc1)c1ccc(N=Nc2sc([N+](=O)[O-])cc2C(C)=O)cc1. The average Bonchev–Trinajstić information content (AvgIpc) is 3.26. The molecule has 0 spiro atoms. The highest BCUT2D eigenvalue weighted by atomic mass is 32.3. The predicted octanol–water partition coefficient (Wildman–Crippen LogP) is 5.84. The van der Waals surface area contributed by atoms with Crippen LogP contribution in [0.4, 0.5) is 25.3 Å². The molecule has 0 aliphatic rings. The molecule has 0 amide bonds. The largest absolute Gasteiger partial charge is 0.492 e. The number of benzene rings is 2. The Labute approximate surface area is 205 Å². The minimum absolute atomic E-state index is 0.153. The lowest BCUT2D eigenvalue weighted by Crippen LogP contribution is -2.27. The number of ketones is 1. The third-order valence-corrected chi connectivity index (χ3v) is 6.65. The summed E-state index contributed by atoms with van der Waals surface area (Å²) < 4.78 is 40.3. The molecular formula is C22H21FN4O6S2. The Bertz CT molecular complexity index is 1340. The van der Waals surface area contributed by atoms with Crippen LogP contribution >= 0.6 is 11.3 Å². The topological polar surface area (TPSA) is 132 Å². The quantitative estimate of drug-likeness (QED) is 0.102. The fourth-order valence-corrected chi connectivity index (χ4v) is 4.37. The molecule has 2 aromatic carbocycles. The van der Waals surface area contributed by atoms with E-state index in [1.54, 1.807) is 12.1 Å². The van der Waals surface area contributed by atoms with Gasteiger partial charge in [-0.2, -0.15) is 8.42 Å². The zero-order valence-corrected chi connectivity index (χ0v) is 20.4. The molecule has 10 nitrogen and oxygen atoms in total. The summed E-state index contributed by atoms with van der Waals surface area (Å²) in [6.07, 6.45) is 0. The summed E-state index contributed by atoms with van der Waals surface area (Å²) in [6.45, 7) is 4.81. The number of carbonyl (C=O) groups excluding carboxylic acids is 1. The zero-order valence-electron chi connectivity index (χ0n) is 18.8. The highest BCUT2D eigenvalue weighted by Crippen LogP contribution is 2.37. The van der Waals surface area contributed by atoms with E-state index in [0.717, 1.165) is 29.2 Å². The number of likely N-dealkylation sites (N-methyl/N-ethyl adjacent to an activating group) is 1. The van der Waals surface area contributed by atoms with E-state index in [1.807, 2.05) is 24.0 Å². The Morgan fingerprint density at radius 1 is 1.14 bits per heavy atom. The minimum atomic E-state index is -4.75. The molecule has 3 rings (SSSR count). The van der Waals surface area contributed by atoms with Crippen LogP contribution in [-0.4, -0.2) is 38.8 Å². The van der Waals surface area contributed by atoms with Crippen molar-refractivity contribution in [3.8, 4) is 5.75 Å². The average molecular weight is 521 g/mol. The van der Waals surface area contributed by atoms with Gasteiger partial charge in [0.25, 0.3) is 0 Å². The molecule has 1 heterocycles. The standard InChI is InChI=1S/C22H21FN4O6S2/c1-3-26(12-13-33-18-8-10-19(11-9-18)35(23,31)32)17-6-4-16(5-7-17)24-25-22-20(15(2)28)14-21(34-22)27(29)30/h4-11,14H,3,12-13H2,1-2H3. The van der Waals surface area contributed by atoms with Gasteiger partial charge >= 0.3 is 15.2 Å². The van der Waals surface area contributed by atoms with Gasteiger partial charge in [-0.1, -0.05) is 0 Å². The Kier molecular flexibility index (Phi) is 8.25. The van der Waals surface area contributed by atoms with Gasteiger partial charge in [-0.15, -0.1) is 14.1 Å². The van der Waals surface area contributed by atoms with E-state index in [9.17, 15) is 27.2 Å². The van der Waals surface area contributed by atoms with Gasteiger partial charge in [-0.3, -0.25) is 14.9 Å². The first kappa shape index (κ1) is 25.9. The third kappa shape index (κ3) is 6.90. The zero-order chi connectivity index (χ0) is 25.6. The number of halogens is 1. The first-order valence-electron chi connectivity index (χ1n) is 10.3. The van der Waals surface area contributed by atoms with E-state index in [-0.39, 0.29) is 21.3 Å². The Morgan fingerprint density at radius 3 is 2.34 bits per heavy atom. The number of hydrogen-bond donors (Lipinski definition) is 0. The van der Waals surface area contributed by atoms with Crippen LogP contribution in [-0.2, 0) is 10.2 Å². The van der Waals surface area contributed by atoms with Crippen molar-refractivity contribution >= 4 is 48.7 Å². The van der Waals surface area contributed by atoms with Gasteiger partial charge in [0.1, 0.15) is 12.4 Å². The highest BCUT2D eigenvalue weighted by molar-refractivity contribution is 7.86. The van der Waals surface area contributed by atoms with Crippen LogP contribution in [0.25, 0.3) is 0 Å². The number of carbonyl (C=O) groups is 1. The molecule has 0 aliphatic heterocycles. The molecule has 0 unspecified atom stereocenters. The van der Waals surface area contributed by atoms with E-state index >= 15 is 0 Å². The van der Waals surface area contributed by atoms with Gasteiger partial charge in [0, 0.05) is 18.3 Å². The lowest BCUT2D eigenvalue weighted by molar-refractivity contribution is -0.380. The van der Waals surface area contributed by atoms with Crippen molar-refractivity contribution in [2.24, 2.45) is 10.2 Å². The lowest BCUT2D eigenvalue weighted by Gasteiger charge is -2.23. The van der Waals surface area contributed by atoms with Crippen molar-refractivity contribution in [2.75, 3.05) is 24.6 Å². The number of thiophene rings is 1. The van der Waals surface area contributed by atoms with Crippen LogP contribution < -0.4 is 9.64 Å². The molecule has 13 heteroatoms. The van der Waals surface area contributed by atoms with Crippen LogP contribution in [0.2, 0.25) is 0 Å². The number of hydrogen-bond acceptors (Lipinski definition) is 10. The third-order valence-electron chi connectivity index (χ3n) is 4.85. The summed E-state index contributed by atoms with van der Waals surface area (Å²) in [5, 5.41) is 19.1. The Morgan fingerprint density at radius 2 is 1.80 bits per heavy atom. The highest BCUT2D eigenvalue weighted by Gasteiger charge is 2.19. The molecule has 1 aromatic heterocycles. The molecule has 0 bridgehead atoms. The maximum absolute atomic E-state index is 13.0. The van der Waals surface area contributed by atoms with Crippen LogP contribution in [0.3, 0.4) is 0 Å². The van der Waals surface area contributed by atoms with Crippen molar-refractivity contribution in [3.63, 3.8) is 0 Å². The number of anilines is 1. The van der Waals surface area contributed by atoms with Crippen LogP contribution in [0.15, 0.2) is 69.7 Å². The molecule has 35 heavy (non-hydrogen) atoms. The van der Waals surface area contributed by atoms with Gasteiger partial charge < -0.3 is 9.64 Å². The number of nitro groups is 1. The monoisotopic (exact) mass is 520 g/mol. The smallest absolute Gasteiger partial charge is 0.332 e. The summed E-state index contributed by atoms with van der Waals surface area (Å²) in [7, 11) is -4.75. The summed E-state index contributed by atoms with van der Waals surface area (Å²) in [5.74, 6) is 0.0887. The van der Waals surface area contributed by atoms with Crippen LogP contribution in [0.5, 0.6) is 5.75 Å². The van der Waals surface area contributed by atoms with Crippen molar-refractivity contribution in [3.05, 3.63) is 70.3 Å². The maximum atomic E-state index is 13.0. The predicted molar refractivity (Wildman–Crippen MR) is 130 cm³/mol. The van der Waals surface area contributed by atoms with E-state index < -0.39 is 20.0 Å². The first-order chi connectivity index (χ1) is 16.6. The molecule has 0 radical (unpaired) electrons. The number of rotatable bonds is 11. The van der Waals surface area contributed by atoms with Gasteiger partial charge in [-0.05, 0) is 73.7 Å². The molecular weight excluding hydrogens is 499 g/mol. The molecule has 184 valence electrons. The Balaban J connectivity index is 1.62. The molecule has 0 saturated carbocycles. The first-order valence-corrected chi connectivity index (χ1v) is 12.5. The van der Waals surface area contributed by atoms with Crippen LogP contribution in [0, 0.1) is 10.1 Å². The molecule has 0 aliphatic carbocycles. The van der Waals surface area contributed by atoms with Crippen molar-refractivity contribution in [2.45, 2.75) is 18.7 Å². The normalized spacial score (nSPS) is 11.5. The van der Waals surface area contributed by atoms with E-state index in [4.69, 9.17) is 4.74 Å². The lowest BCUT2D eigenvalue weighted by atomic mass is 10.2. The summed E-state index contributed by atoms with van der Waals surface area (Å²) in [6, 6.07) is 13.4. The molecule has 0 atom stereocenters. The van der Waals surface area contributed by atoms with E-state index in [2.05, 4.69) is 10.2 Å². The number of nitrogens with zero attached hydrogens (tertiary/aromatic N) is 4. The fourth-order valence-electron chi connectivity index (χ4n) is 3.06. The fraction of sp³-hybridized carbons (Fsp3) is 0.227. The summed E-state index contributed by atoms with van der Waals surface area (Å²) >= 11 is 0.785. The van der Waals surface area contributed by atoms with Crippen molar-refractivity contribution in [1.82, 2.24) is 0 Å². The second-order valence-corrected chi connectivity index (χ2v) is 9.53. The number of azo groups is 1. The maximum Gasteiger partial charge on any atom is 0.332 e. The molecule has 0 saturated heterocycles. The van der Waals surface area contributed by atoms with Crippen molar-refractivity contribution < 1.29 is 26.8 Å². The Hall–Kier alpha value is -3.71. The number of ether oxygens (including phenoxy) is 1. The minimum Gasteiger partial charge on any atom is -0.492 e. The van der Waals surface area contributed by atoms with Gasteiger partial charge in [0.2, 0.25) is 0 Å². The van der Waals surface area contributed by atoms with E-state index in [0.29, 0.717) is 31.1 Å². The summed E-state index contributed by atoms with van der Waals surface area (Å²) in [5.41, 5.74) is 1.56. The molecule has 0 N–H and O–H groups in total. The second-order valence-electron chi connectivity index (χ2n) is 7.17. The van der Waals surface area contributed by atoms with Gasteiger partial charge in [-0.25, -0.2) is 0 Å². The molecule has 3 aromatic rings. The van der Waals surface area contributed by atoms with Gasteiger partial charge in [0.15, 0.2) is 10.8 Å². The molecule has 0 fully saturated rings. The van der Waals surface area contributed by atoms with Gasteiger partial charge in [0.05, 0.1) is 27.6 Å².